The third kappa shape index (κ3) is 4.17. The number of rotatable bonds is 4. The predicted octanol–water partition coefficient (Wildman–Crippen LogP) is 0.676. The third-order valence-electron chi connectivity index (χ3n) is 3.62. The zero-order valence-corrected chi connectivity index (χ0v) is 11.0. The van der Waals surface area contributed by atoms with Crippen molar-refractivity contribution in [2.45, 2.75) is 57.2 Å². The van der Waals surface area contributed by atoms with Gasteiger partial charge in [0, 0.05) is 19.4 Å². The second-order valence-electron chi connectivity index (χ2n) is 5.45. The minimum atomic E-state index is -0.274. The lowest BCUT2D eigenvalue weighted by atomic mass is 9.97. The highest BCUT2D eigenvalue weighted by atomic mass is 16.7. The van der Waals surface area contributed by atoms with Crippen molar-refractivity contribution in [3.63, 3.8) is 0 Å². The number of hydrogen-bond donors (Lipinski definition) is 2. The van der Waals surface area contributed by atoms with Crippen LogP contribution in [0.25, 0.3) is 0 Å². The van der Waals surface area contributed by atoms with E-state index in [1.54, 1.807) is 0 Å². The van der Waals surface area contributed by atoms with Crippen LogP contribution in [0.1, 0.15) is 32.6 Å². The fraction of sp³-hybridized carbons (Fsp3) is 1.00. The summed E-state index contributed by atoms with van der Waals surface area (Å²) in [7, 11) is 0. The molecule has 2 aliphatic rings. The zero-order chi connectivity index (χ0) is 13.0. The molecule has 0 unspecified atom stereocenters. The molecule has 0 amide bonds. The van der Waals surface area contributed by atoms with Gasteiger partial charge < -0.3 is 24.4 Å². The highest BCUT2D eigenvalue weighted by Gasteiger charge is 2.29. The van der Waals surface area contributed by atoms with E-state index < -0.39 is 0 Å². The molecule has 2 fully saturated rings. The van der Waals surface area contributed by atoms with E-state index >= 15 is 0 Å². The second-order valence-corrected chi connectivity index (χ2v) is 5.45. The summed E-state index contributed by atoms with van der Waals surface area (Å²) >= 11 is 0. The molecule has 2 N–H and O–H groups in total. The van der Waals surface area contributed by atoms with Gasteiger partial charge >= 0.3 is 0 Å². The number of ether oxygens (including phenoxy) is 3. The third-order valence-corrected chi connectivity index (χ3v) is 3.62. The molecule has 0 aromatic rings. The highest BCUT2D eigenvalue weighted by Crippen LogP contribution is 2.25. The van der Waals surface area contributed by atoms with Crippen LogP contribution < -0.4 is 0 Å². The molecular weight excluding hydrogens is 236 g/mol. The second kappa shape index (κ2) is 6.82. The van der Waals surface area contributed by atoms with Crippen molar-refractivity contribution in [3.8, 4) is 0 Å². The minimum Gasteiger partial charge on any atom is -0.394 e. The van der Waals surface area contributed by atoms with Gasteiger partial charge in [0.05, 0.1) is 31.5 Å². The van der Waals surface area contributed by atoms with Crippen LogP contribution >= 0.6 is 0 Å². The van der Waals surface area contributed by atoms with Crippen molar-refractivity contribution in [2.24, 2.45) is 5.92 Å². The molecule has 0 aliphatic carbocycles. The van der Waals surface area contributed by atoms with E-state index in [2.05, 4.69) is 6.92 Å². The molecule has 2 saturated heterocycles. The summed E-state index contributed by atoms with van der Waals surface area (Å²) in [6.07, 6.45) is 2.39. The molecule has 0 saturated carbocycles. The van der Waals surface area contributed by atoms with Crippen molar-refractivity contribution in [3.05, 3.63) is 0 Å². The molecule has 0 radical (unpaired) electrons. The number of hydrogen-bond acceptors (Lipinski definition) is 5. The molecule has 5 nitrogen and oxygen atoms in total. The SMILES string of the molecule is C[C@H]1C[C@@H](CO)O[C@@H](OC[C@@H]2C[C@H](O)CCO2)C1. The Labute approximate surface area is 108 Å². The van der Waals surface area contributed by atoms with Gasteiger partial charge in [0.1, 0.15) is 0 Å². The topological polar surface area (TPSA) is 68.2 Å². The fourth-order valence-electron chi connectivity index (χ4n) is 2.62. The molecule has 2 aliphatic heterocycles. The largest absolute Gasteiger partial charge is 0.394 e. The van der Waals surface area contributed by atoms with Crippen LogP contribution in [0.3, 0.4) is 0 Å². The Balaban J connectivity index is 1.72. The van der Waals surface area contributed by atoms with Gasteiger partial charge in [-0.25, -0.2) is 0 Å². The van der Waals surface area contributed by atoms with E-state index in [0.717, 1.165) is 12.8 Å². The Kier molecular flexibility index (Phi) is 5.38. The van der Waals surface area contributed by atoms with Crippen molar-refractivity contribution >= 4 is 0 Å². The minimum absolute atomic E-state index is 0.0397. The molecular formula is C13H24O5. The lowest BCUT2D eigenvalue weighted by Crippen LogP contribution is -2.39. The van der Waals surface area contributed by atoms with Crippen LogP contribution in [-0.2, 0) is 14.2 Å². The van der Waals surface area contributed by atoms with E-state index in [4.69, 9.17) is 19.3 Å². The molecule has 0 spiro atoms. The van der Waals surface area contributed by atoms with E-state index in [0.29, 0.717) is 32.0 Å². The van der Waals surface area contributed by atoms with Crippen molar-refractivity contribution < 1.29 is 24.4 Å². The Morgan fingerprint density at radius 2 is 2.06 bits per heavy atom. The summed E-state index contributed by atoms with van der Waals surface area (Å²) in [5, 5.41) is 18.7. The summed E-state index contributed by atoms with van der Waals surface area (Å²) < 4.78 is 16.9. The maximum Gasteiger partial charge on any atom is 0.158 e. The monoisotopic (exact) mass is 260 g/mol. The Morgan fingerprint density at radius 3 is 2.78 bits per heavy atom. The van der Waals surface area contributed by atoms with E-state index in [1.165, 1.54) is 0 Å². The normalized spacial score (nSPS) is 41.8. The van der Waals surface area contributed by atoms with Gasteiger partial charge in [-0.2, -0.15) is 0 Å². The lowest BCUT2D eigenvalue weighted by Gasteiger charge is -2.34. The summed E-state index contributed by atoms with van der Waals surface area (Å²) in [6, 6.07) is 0. The average Bonchev–Trinajstić information content (AvgIpc) is 2.36. The van der Waals surface area contributed by atoms with Gasteiger partial charge in [0.25, 0.3) is 0 Å². The first-order valence-corrected chi connectivity index (χ1v) is 6.85. The quantitative estimate of drug-likeness (QED) is 0.778. The lowest BCUT2D eigenvalue weighted by molar-refractivity contribution is -0.225. The molecule has 5 heteroatoms. The summed E-state index contributed by atoms with van der Waals surface area (Å²) in [5.74, 6) is 0.499. The molecule has 0 aromatic heterocycles. The maximum atomic E-state index is 9.54. The van der Waals surface area contributed by atoms with Crippen LogP contribution in [0.5, 0.6) is 0 Å². The number of aliphatic hydroxyl groups excluding tert-OH is 2. The van der Waals surface area contributed by atoms with E-state index in [-0.39, 0.29) is 31.2 Å². The fourth-order valence-corrected chi connectivity index (χ4v) is 2.62. The predicted molar refractivity (Wildman–Crippen MR) is 65.1 cm³/mol. The summed E-state index contributed by atoms with van der Waals surface area (Å²) in [4.78, 5) is 0. The first kappa shape index (κ1) is 14.2. The van der Waals surface area contributed by atoms with Gasteiger partial charge in [-0.3, -0.25) is 0 Å². The Morgan fingerprint density at radius 1 is 1.22 bits per heavy atom. The Bertz CT molecular complexity index is 248. The first-order chi connectivity index (χ1) is 8.67. The number of aliphatic hydroxyl groups is 2. The highest BCUT2D eigenvalue weighted by molar-refractivity contribution is 4.73. The summed E-state index contributed by atoms with van der Waals surface area (Å²) in [6.45, 7) is 3.23. The van der Waals surface area contributed by atoms with Crippen molar-refractivity contribution in [1.82, 2.24) is 0 Å². The molecule has 106 valence electrons. The first-order valence-electron chi connectivity index (χ1n) is 6.85. The van der Waals surface area contributed by atoms with Gasteiger partial charge in [0.15, 0.2) is 6.29 Å². The smallest absolute Gasteiger partial charge is 0.158 e. The molecule has 2 rings (SSSR count). The average molecular weight is 260 g/mol. The summed E-state index contributed by atoms with van der Waals surface area (Å²) in [5.41, 5.74) is 0. The van der Waals surface area contributed by atoms with Crippen LogP contribution in [0.2, 0.25) is 0 Å². The van der Waals surface area contributed by atoms with Crippen molar-refractivity contribution in [1.29, 1.82) is 0 Å². The molecule has 0 bridgehead atoms. The van der Waals surface area contributed by atoms with Gasteiger partial charge in [-0.05, 0) is 18.8 Å². The molecule has 2 heterocycles. The van der Waals surface area contributed by atoms with Crippen LogP contribution in [-0.4, -0.2) is 54.6 Å². The maximum absolute atomic E-state index is 9.54. The zero-order valence-electron chi connectivity index (χ0n) is 11.0. The van der Waals surface area contributed by atoms with Gasteiger partial charge in [-0.1, -0.05) is 6.92 Å². The van der Waals surface area contributed by atoms with Gasteiger partial charge in [-0.15, -0.1) is 0 Å². The van der Waals surface area contributed by atoms with E-state index in [9.17, 15) is 5.11 Å². The Hall–Kier alpha value is -0.200. The van der Waals surface area contributed by atoms with E-state index in [1.807, 2.05) is 0 Å². The van der Waals surface area contributed by atoms with Gasteiger partial charge in [0.2, 0.25) is 0 Å². The molecule has 5 atom stereocenters. The van der Waals surface area contributed by atoms with Crippen molar-refractivity contribution in [2.75, 3.05) is 19.8 Å². The molecule has 0 aromatic carbocycles. The van der Waals surface area contributed by atoms with Crippen LogP contribution in [0, 0.1) is 5.92 Å². The molecule has 18 heavy (non-hydrogen) atoms. The standard InChI is InChI=1S/C13H24O5/c1-9-4-11(7-14)18-13(5-9)17-8-12-6-10(15)2-3-16-12/h9-15H,2-8H2,1H3/t9-,10+,11-,12-,13+/m0/s1. The van der Waals surface area contributed by atoms with Crippen LogP contribution in [0.4, 0.5) is 0 Å². The van der Waals surface area contributed by atoms with Crippen LogP contribution in [0.15, 0.2) is 0 Å².